The number of hydrogen-bond donors (Lipinski definition) is 1. The Labute approximate surface area is 122 Å². The highest BCUT2D eigenvalue weighted by Gasteiger charge is 2.23. The third kappa shape index (κ3) is 5.89. The Hall–Kier alpha value is -1.12. The number of amides is 1. The van der Waals surface area contributed by atoms with Gasteiger partial charge in [-0.3, -0.25) is 9.69 Å². The van der Waals surface area contributed by atoms with Gasteiger partial charge in [-0.2, -0.15) is 5.26 Å². The Morgan fingerprint density at radius 1 is 1.25 bits per heavy atom. The molecule has 5 nitrogen and oxygen atoms in total. The number of carbonyl (C=O) groups is 1. The molecule has 5 heteroatoms. The number of nitriles is 1. The van der Waals surface area contributed by atoms with Crippen molar-refractivity contribution in [3.8, 4) is 6.07 Å². The number of hydrogen-bond acceptors (Lipinski definition) is 4. The molecular formula is C15H28N4O. The van der Waals surface area contributed by atoms with E-state index in [0.29, 0.717) is 19.4 Å². The van der Waals surface area contributed by atoms with Crippen LogP contribution in [0.3, 0.4) is 0 Å². The second-order valence-corrected chi connectivity index (χ2v) is 6.33. The molecule has 1 aliphatic heterocycles. The average molecular weight is 280 g/mol. The SMILES string of the molecule is CC(C)(CCN)CCC(=O)N1CCN(CCC#N)CC1. The number of rotatable bonds is 7. The maximum absolute atomic E-state index is 12.2. The molecule has 1 fully saturated rings. The highest BCUT2D eigenvalue weighted by Crippen LogP contribution is 2.26. The van der Waals surface area contributed by atoms with Gasteiger partial charge in [0, 0.05) is 45.6 Å². The van der Waals surface area contributed by atoms with Crippen LogP contribution in [0, 0.1) is 16.7 Å². The first-order valence-electron chi connectivity index (χ1n) is 7.55. The van der Waals surface area contributed by atoms with Gasteiger partial charge in [0.2, 0.25) is 5.91 Å². The van der Waals surface area contributed by atoms with E-state index in [4.69, 9.17) is 11.0 Å². The molecule has 1 rings (SSSR count). The Balaban J connectivity index is 2.27. The monoisotopic (exact) mass is 280 g/mol. The van der Waals surface area contributed by atoms with Crippen molar-refractivity contribution in [3.63, 3.8) is 0 Å². The predicted octanol–water partition coefficient (Wildman–Crippen LogP) is 1.20. The van der Waals surface area contributed by atoms with E-state index < -0.39 is 0 Å². The minimum absolute atomic E-state index is 0.152. The fourth-order valence-corrected chi connectivity index (χ4v) is 2.55. The summed E-state index contributed by atoms with van der Waals surface area (Å²) in [6.07, 6.45) is 3.05. The van der Waals surface area contributed by atoms with Crippen molar-refractivity contribution >= 4 is 5.91 Å². The Morgan fingerprint density at radius 2 is 1.90 bits per heavy atom. The maximum Gasteiger partial charge on any atom is 0.222 e. The number of nitrogens with zero attached hydrogens (tertiary/aromatic N) is 3. The summed E-state index contributed by atoms with van der Waals surface area (Å²) in [6, 6.07) is 2.17. The molecule has 0 saturated carbocycles. The fourth-order valence-electron chi connectivity index (χ4n) is 2.55. The van der Waals surface area contributed by atoms with E-state index in [-0.39, 0.29) is 11.3 Å². The number of carbonyl (C=O) groups excluding carboxylic acids is 1. The molecule has 0 bridgehead atoms. The highest BCUT2D eigenvalue weighted by atomic mass is 16.2. The largest absolute Gasteiger partial charge is 0.340 e. The van der Waals surface area contributed by atoms with Gasteiger partial charge in [-0.15, -0.1) is 0 Å². The molecule has 2 N–H and O–H groups in total. The zero-order valence-electron chi connectivity index (χ0n) is 12.9. The van der Waals surface area contributed by atoms with Crippen LogP contribution in [0.2, 0.25) is 0 Å². The Kier molecular flexibility index (Phi) is 6.97. The van der Waals surface area contributed by atoms with Crippen molar-refractivity contribution in [3.05, 3.63) is 0 Å². The van der Waals surface area contributed by atoms with Gasteiger partial charge in [0.1, 0.15) is 0 Å². The van der Waals surface area contributed by atoms with Gasteiger partial charge in [0.25, 0.3) is 0 Å². The first-order valence-corrected chi connectivity index (χ1v) is 7.55. The first-order chi connectivity index (χ1) is 9.48. The summed E-state index contributed by atoms with van der Waals surface area (Å²) < 4.78 is 0. The fraction of sp³-hybridized carbons (Fsp3) is 0.867. The summed E-state index contributed by atoms with van der Waals surface area (Å²) in [5.74, 6) is 0.259. The summed E-state index contributed by atoms with van der Waals surface area (Å²) in [6.45, 7) is 9.21. The van der Waals surface area contributed by atoms with Crippen LogP contribution in [0.4, 0.5) is 0 Å². The molecule has 1 saturated heterocycles. The molecule has 0 spiro atoms. The zero-order chi connectivity index (χ0) is 15.0. The van der Waals surface area contributed by atoms with Crippen molar-refractivity contribution in [1.82, 2.24) is 9.80 Å². The lowest BCUT2D eigenvalue weighted by molar-refractivity contribution is -0.133. The molecular weight excluding hydrogens is 252 g/mol. The quantitative estimate of drug-likeness (QED) is 0.760. The van der Waals surface area contributed by atoms with Crippen molar-refractivity contribution in [2.45, 2.75) is 39.5 Å². The van der Waals surface area contributed by atoms with Gasteiger partial charge in [0.05, 0.1) is 6.07 Å². The molecule has 0 radical (unpaired) electrons. The molecule has 20 heavy (non-hydrogen) atoms. The second kappa shape index (κ2) is 8.23. The minimum atomic E-state index is 0.152. The molecule has 1 heterocycles. The summed E-state index contributed by atoms with van der Waals surface area (Å²) >= 11 is 0. The molecule has 114 valence electrons. The van der Waals surface area contributed by atoms with Crippen LogP contribution in [0.1, 0.15) is 39.5 Å². The smallest absolute Gasteiger partial charge is 0.222 e. The number of nitrogens with two attached hydrogens (primary N) is 1. The van der Waals surface area contributed by atoms with Gasteiger partial charge < -0.3 is 10.6 Å². The van der Waals surface area contributed by atoms with E-state index in [1.165, 1.54) is 0 Å². The lowest BCUT2D eigenvalue weighted by atomic mass is 9.84. The van der Waals surface area contributed by atoms with Crippen LogP contribution in [-0.2, 0) is 4.79 Å². The van der Waals surface area contributed by atoms with Crippen LogP contribution in [-0.4, -0.2) is 55.0 Å². The van der Waals surface area contributed by atoms with Crippen LogP contribution >= 0.6 is 0 Å². The average Bonchev–Trinajstić information content (AvgIpc) is 2.43. The normalized spacial score (nSPS) is 17.0. The summed E-state index contributed by atoms with van der Waals surface area (Å²) in [5, 5.41) is 8.58. The molecule has 0 aromatic carbocycles. The third-order valence-corrected chi connectivity index (χ3v) is 4.10. The van der Waals surface area contributed by atoms with Gasteiger partial charge in [-0.25, -0.2) is 0 Å². The van der Waals surface area contributed by atoms with Crippen LogP contribution < -0.4 is 5.73 Å². The topological polar surface area (TPSA) is 73.4 Å². The van der Waals surface area contributed by atoms with Crippen molar-refractivity contribution in [2.24, 2.45) is 11.1 Å². The predicted molar refractivity (Wildman–Crippen MR) is 79.9 cm³/mol. The Morgan fingerprint density at radius 3 is 2.45 bits per heavy atom. The van der Waals surface area contributed by atoms with E-state index in [1.54, 1.807) is 0 Å². The van der Waals surface area contributed by atoms with Gasteiger partial charge >= 0.3 is 0 Å². The molecule has 0 atom stereocenters. The lowest BCUT2D eigenvalue weighted by Gasteiger charge is -2.35. The molecule has 0 unspecified atom stereocenters. The van der Waals surface area contributed by atoms with Crippen LogP contribution in [0.5, 0.6) is 0 Å². The van der Waals surface area contributed by atoms with Crippen LogP contribution in [0.15, 0.2) is 0 Å². The second-order valence-electron chi connectivity index (χ2n) is 6.33. The van der Waals surface area contributed by atoms with Gasteiger partial charge in [-0.1, -0.05) is 13.8 Å². The first kappa shape index (κ1) is 16.9. The van der Waals surface area contributed by atoms with Crippen molar-refractivity contribution < 1.29 is 4.79 Å². The van der Waals surface area contributed by atoms with Crippen molar-refractivity contribution in [2.75, 3.05) is 39.3 Å². The maximum atomic E-state index is 12.2. The molecule has 0 aromatic heterocycles. The van der Waals surface area contributed by atoms with E-state index in [2.05, 4.69) is 24.8 Å². The molecule has 0 aliphatic carbocycles. The van der Waals surface area contributed by atoms with E-state index in [1.807, 2.05) is 4.90 Å². The lowest BCUT2D eigenvalue weighted by Crippen LogP contribution is -2.48. The number of piperazine rings is 1. The molecule has 1 amide bonds. The minimum Gasteiger partial charge on any atom is -0.340 e. The molecule has 1 aliphatic rings. The zero-order valence-corrected chi connectivity index (χ0v) is 12.9. The third-order valence-electron chi connectivity index (χ3n) is 4.10. The summed E-state index contributed by atoms with van der Waals surface area (Å²) in [4.78, 5) is 16.4. The van der Waals surface area contributed by atoms with E-state index >= 15 is 0 Å². The van der Waals surface area contributed by atoms with Crippen LogP contribution in [0.25, 0.3) is 0 Å². The van der Waals surface area contributed by atoms with E-state index in [9.17, 15) is 4.79 Å². The van der Waals surface area contributed by atoms with E-state index in [0.717, 1.165) is 45.6 Å². The van der Waals surface area contributed by atoms with Gasteiger partial charge in [-0.05, 0) is 24.8 Å². The van der Waals surface area contributed by atoms with Crippen molar-refractivity contribution in [1.29, 1.82) is 5.26 Å². The molecule has 0 aromatic rings. The van der Waals surface area contributed by atoms with Gasteiger partial charge in [0.15, 0.2) is 0 Å². The highest BCUT2D eigenvalue weighted by molar-refractivity contribution is 5.76. The summed E-state index contributed by atoms with van der Waals surface area (Å²) in [7, 11) is 0. The Bertz CT molecular complexity index is 340. The standard InChI is InChI=1S/C15H28N4O/c1-15(2,6-8-17)5-4-14(20)19-12-10-18(11-13-19)9-3-7-16/h3-6,8-13,17H2,1-2H3. The summed E-state index contributed by atoms with van der Waals surface area (Å²) in [5.41, 5.74) is 5.75.